The fourth-order valence-corrected chi connectivity index (χ4v) is 3.96. The number of non-ortho nitro benzene ring substituents is 1. The zero-order chi connectivity index (χ0) is 26.7. The molecule has 9 nitrogen and oxygen atoms in total. The summed E-state index contributed by atoms with van der Waals surface area (Å²) in [6.07, 6.45) is 1.63. The zero-order valence-electron chi connectivity index (χ0n) is 21.4. The second kappa shape index (κ2) is 10.5. The number of nitro benzene ring substituents is 1. The molecule has 0 saturated carbocycles. The Morgan fingerprint density at radius 3 is 2.35 bits per heavy atom. The Labute approximate surface area is 214 Å². The fourth-order valence-electron chi connectivity index (χ4n) is 3.96. The van der Waals surface area contributed by atoms with Gasteiger partial charge in [0, 0.05) is 18.3 Å². The summed E-state index contributed by atoms with van der Waals surface area (Å²) in [5.41, 5.74) is 5.31. The van der Waals surface area contributed by atoms with Gasteiger partial charge in [0.2, 0.25) is 0 Å². The molecule has 0 aliphatic heterocycles. The molecule has 4 aromatic rings. The highest BCUT2D eigenvalue weighted by molar-refractivity contribution is 6.03. The molecule has 1 aromatic heterocycles. The highest BCUT2D eigenvalue weighted by Crippen LogP contribution is 2.33. The normalized spacial score (nSPS) is 10.7. The molecule has 3 aromatic carbocycles. The lowest BCUT2D eigenvalue weighted by molar-refractivity contribution is -0.384. The minimum atomic E-state index is -0.532. The maximum atomic E-state index is 12.8. The van der Waals surface area contributed by atoms with Crippen LogP contribution in [0.15, 0.2) is 60.8 Å². The van der Waals surface area contributed by atoms with Crippen molar-refractivity contribution >= 4 is 17.3 Å². The van der Waals surface area contributed by atoms with Crippen molar-refractivity contribution < 1.29 is 19.2 Å². The van der Waals surface area contributed by atoms with Gasteiger partial charge in [-0.15, -0.1) is 0 Å². The molecular weight excluding hydrogens is 472 g/mol. The Hall–Kier alpha value is -4.66. The third kappa shape index (κ3) is 6.32. The SMILES string of the molecule is Cc1cc(C)cc(OCn2ccc(C(=O)Nc3cc(Oc4cc(C)cc(C)c4C)cc([N+](=O)[O-])c3)n2)c1. The Kier molecular flexibility index (Phi) is 7.24. The Morgan fingerprint density at radius 2 is 1.65 bits per heavy atom. The third-order valence-corrected chi connectivity index (χ3v) is 5.78. The van der Waals surface area contributed by atoms with Gasteiger partial charge < -0.3 is 14.8 Å². The van der Waals surface area contributed by atoms with Crippen LogP contribution in [0, 0.1) is 44.7 Å². The predicted molar refractivity (Wildman–Crippen MR) is 141 cm³/mol. The highest BCUT2D eigenvalue weighted by Gasteiger charge is 2.16. The molecule has 0 atom stereocenters. The standard InChI is InChI=1S/C28H28N4O5/c1-17-8-18(2)11-24(10-17)36-16-31-7-6-26(30-31)28(33)29-22-13-23(32(34)35)15-25(14-22)37-27-12-19(3)9-20(4)21(27)5/h6-15H,16H2,1-5H3,(H,29,33). The molecular formula is C28H28N4O5. The van der Waals surface area contributed by atoms with E-state index in [1.54, 1.807) is 18.3 Å². The van der Waals surface area contributed by atoms with Gasteiger partial charge in [0.25, 0.3) is 11.6 Å². The number of aryl methyl sites for hydroxylation is 4. The Bertz CT molecular complexity index is 1470. The number of nitrogens with zero attached hydrogens (tertiary/aromatic N) is 3. The molecule has 4 rings (SSSR count). The molecule has 1 amide bonds. The summed E-state index contributed by atoms with van der Waals surface area (Å²) in [6, 6.07) is 15.5. The number of nitrogens with one attached hydrogen (secondary N) is 1. The van der Waals surface area contributed by atoms with Crippen LogP contribution in [-0.4, -0.2) is 20.6 Å². The molecule has 0 unspecified atom stereocenters. The quantitative estimate of drug-likeness (QED) is 0.221. The summed E-state index contributed by atoms with van der Waals surface area (Å²) in [5.74, 6) is 1.03. The number of carbonyl (C=O) groups is 1. The van der Waals surface area contributed by atoms with Gasteiger partial charge in [0.1, 0.15) is 17.2 Å². The van der Waals surface area contributed by atoms with Gasteiger partial charge >= 0.3 is 0 Å². The topological polar surface area (TPSA) is 109 Å². The molecule has 1 heterocycles. The summed E-state index contributed by atoms with van der Waals surface area (Å²) in [5, 5.41) is 18.5. The number of carbonyl (C=O) groups excluding carboxylic acids is 1. The van der Waals surface area contributed by atoms with E-state index in [2.05, 4.69) is 16.5 Å². The molecule has 0 spiro atoms. The minimum Gasteiger partial charge on any atom is -0.471 e. The van der Waals surface area contributed by atoms with Crippen LogP contribution < -0.4 is 14.8 Å². The van der Waals surface area contributed by atoms with E-state index in [4.69, 9.17) is 9.47 Å². The van der Waals surface area contributed by atoms with Gasteiger partial charge in [-0.25, -0.2) is 4.68 Å². The lowest BCUT2D eigenvalue weighted by atomic mass is 10.1. The Balaban J connectivity index is 1.50. The number of rotatable bonds is 8. The maximum Gasteiger partial charge on any atom is 0.276 e. The first kappa shape index (κ1) is 25.4. The van der Waals surface area contributed by atoms with Gasteiger partial charge in [-0.1, -0.05) is 12.1 Å². The largest absolute Gasteiger partial charge is 0.471 e. The summed E-state index contributed by atoms with van der Waals surface area (Å²) in [6.45, 7) is 9.95. The van der Waals surface area contributed by atoms with Crippen molar-refractivity contribution in [3.8, 4) is 17.2 Å². The molecule has 0 aliphatic rings. The van der Waals surface area contributed by atoms with Crippen molar-refractivity contribution in [3.63, 3.8) is 0 Å². The predicted octanol–water partition coefficient (Wildman–Crippen LogP) is 6.41. The number of hydrogen-bond donors (Lipinski definition) is 1. The van der Waals surface area contributed by atoms with Gasteiger partial charge in [-0.2, -0.15) is 5.10 Å². The van der Waals surface area contributed by atoms with Crippen LogP contribution in [-0.2, 0) is 6.73 Å². The first-order chi connectivity index (χ1) is 17.6. The summed E-state index contributed by atoms with van der Waals surface area (Å²) >= 11 is 0. The molecule has 0 radical (unpaired) electrons. The molecule has 0 bridgehead atoms. The van der Waals surface area contributed by atoms with Crippen molar-refractivity contribution in [2.24, 2.45) is 0 Å². The van der Waals surface area contributed by atoms with Gasteiger partial charge in [0.15, 0.2) is 12.4 Å². The van der Waals surface area contributed by atoms with E-state index in [9.17, 15) is 14.9 Å². The summed E-state index contributed by atoms with van der Waals surface area (Å²) < 4.78 is 13.3. The first-order valence-electron chi connectivity index (χ1n) is 11.7. The second-order valence-corrected chi connectivity index (χ2v) is 9.07. The first-order valence-corrected chi connectivity index (χ1v) is 11.7. The van der Waals surface area contributed by atoms with Crippen LogP contribution in [0.5, 0.6) is 17.2 Å². The van der Waals surface area contributed by atoms with Crippen molar-refractivity contribution in [2.75, 3.05) is 5.32 Å². The van der Waals surface area contributed by atoms with Crippen LogP contribution >= 0.6 is 0 Å². The van der Waals surface area contributed by atoms with Crippen LogP contribution in [0.3, 0.4) is 0 Å². The van der Waals surface area contributed by atoms with Gasteiger partial charge in [-0.3, -0.25) is 14.9 Å². The van der Waals surface area contributed by atoms with Crippen LogP contribution in [0.4, 0.5) is 11.4 Å². The summed E-state index contributed by atoms with van der Waals surface area (Å²) in [7, 11) is 0. The summed E-state index contributed by atoms with van der Waals surface area (Å²) in [4.78, 5) is 23.8. The van der Waals surface area contributed by atoms with Crippen molar-refractivity contribution in [1.82, 2.24) is 9.78 Å². The average Bonchev–Trinajstić information content (AvgIpc) is 3.29. The number of ether oxygens (including phenoxy) is 2. The van der Waals surface area contributed by atoms with Crippen molar-refractivity contribution in [2.45, 2.75) is 41.3 Å². The smallest absolute Gasteiger partial charge is 0.276 e. The number of anilines is 1. The average molecular weight is 501 g/mol. The maximum absolute atomic E-state index is 12.8. The monoisotopic (exact) mass is 500 g/mol. The lowest BCUT2D eigenvalue weighted by Crippen LogP contribution is -2.14. The molecule has 190 valence electrons. The van der Waals surface area contributed by atoms with Gasteiger partial charge in [0.05, 0.1) is 16.7 Å². The zero-order valence-corrected chi connectivity index (χ0v) is 21.4. The third-order valence-electron chi connectivity index (χ3n) is 5.78. The molecule has 0 aliphatic carbocycles. The van der Waals surface area contributed by atoms with Crippen LogP contribution in [0.2, 0.25) is 0 Å². The van der Waals surface area contributed by atoms with E-state index < -0.39 is 10.8 Å². The number of aromatic nitrogens is 2. The number of benzene rings is 3. The van der Waals surface area contributed by atoms with Crippen LogP contribution in [0.1, 0.15) is 38.3 Å². The fraction of sp³-hybridized carbons (Fsp3) is 0.214. The van der Waals surface area contributed by atoms with Crippen LogP contribution in [0.25, 0.3) is 0 Å². The van der Waals surface area contributed by atoms with E-state index in [-0.39, 0.29) is 29.5 Å². The number of nitro groups is 1. The van der Waals surface area contributed by atoms with Gasteiger partial charge in [-0.05, 0) is 86.7 Å². The van der Waals surface area contributed by atoms with E-state index in [0.717, 1.165) is 27.8 Å². The molecule has 9 heteroatoms. The van der Waals surface area contributed by atoms with E-state index in [0.29, 0.717) is 11.5 Å². The highest BCUT2D eigenvalue weighted by atomic mass is 16.6. The molecule has 1 N–H and O–H groups in total. The molecule has 0 fully saturated rings. The lowest BCUT2D eigenvalue weighted by Gasteiger charge is -2.13. The number of amides is 1. The second-order valence-electron chi connectivity index (χ2n) is 9.07. The van der Waals surface area contributed by atoms with E-state index in [1.165, 1.54) is 16.8 Å². The molecule has 0 saturated heterocycles. The van der Waals surface area contributed by atoms with E-state index >= 15 is 0 Å². The molecule has 37 heavy (non-hydrogen) atoms. The van der Waals surface area contributed by atoms with Crippen molar-refractivity contribution in [1.29, 1.82) is 0 Å². The minimum absolute atomic E-state index is 0.125. The van der Waals surface area contributed by atoms with Crippen molar-refractivity contribution in [3.05, 3.63) is 104 Å². The number of hydrogen-bond acceptors (Lipinski definition) is 6. The van der Waals surface area contributed by atoms with E-state index in [1.807, 2.05) is 58.9 Å². The Morgan fingerprint density at radius 1 is 0.946 bits per heavy atom.